The van der Waals surface area contributed by atoms with E-state index in [1.807, 2.05) is 32.0 Å². The molecule has 0 fully saturated rings. The average molecular weight is 366 g/mol. The summed E-state index contributed by atoms with van der Waals surface area (Å²) in [6.45, 7) is 4.89. The molecule has 0 aliphatic rings. The van der Waals surface area contributed by atoms with Gasteiger partial charge in [-0.2, -0.15) is 5.10 Å². The van der Waals surface area contributed by atoms with Crippen LogP contribution in [0.2, 0.25) is 0 Å². The number of hydrazone groups is 1. The smallest absolute Gasteiger partial charge is 0.271 e. The van der Waals surface area contributed by atoms with Gasteiger partial charge in [-0.3, -0.25) is 4.79 Å². The molecular formula is C21H22N2O4. The minimum Gasteiger partial charge on any atom is -0.490 e. The predicted octanol–water partition coefficient (Wildman–Crippen LogP) is 3.26. The van der Waals surface area contributed by atoms with Crippen LogP contribution in [0.25, 0.3) is 0 Å². The quantitative estimate of drug-likeness (QED) is 0.420. The molecule has 0 unspecified atom stereocenters. The normalized spacial score (nSPS) is 10.3. The van der Waals surface area contributed by atoms with Crippen LogP contribution < -0.4 is 19.6 Å². The molecule has 2 aromatic carbocycles. The second-order valence-electron chi connectivity index (χ2n) is 5.26. The fourth-order valence-corrected chi connectivity index (χ4v) is 2.26. The molecule has 0 heterocycles. The first-order valence-corrected chi connectivity index (χ1v) is 8.57. The summed E-state index contributed by atoms with van der Waals surface area (Å²) in [6.07, 6.45) is 6.71. The van der Waals surface area contributed by atoms with Crippen molar-refractivity contribution in [3.05, 3.63) is 53.6 Å². The van der Waals surface area contributed by atoms with Gasteiger partial charge < -0.3 is 14.2 Å². The van der Waals surface area contributed by atoms with E-state index in [2.05, 4.69) is 16.4 Å². The zero-order chi connectivity index (χ0) is 19.5. The highest BCUT2D eigenvalue weighted by atomic mass is 16.5. The van der Waals surface area contributed by atoms with Crippen LogP contribution in [0.3, 0.4) is 0 Å². The molecule has 0 saturated heterocycles. The topological polar surface area (TPSA) is 69.2 Å². The van der Waals surface area contributed by atoms with Gasteiger partial charge in [0.15, 0.2) is 11.5 Å². The Morgan fingerprint density at radius 2 is 1.81 bits per heavy atom. The first-order chi connectivity index (χ1) is 13.2. The van der Waals surface area contributed by atoms with E-state index in [9.17, 15) is 4.79 Å². The molecule has 0 bridgehead atoms. The van der Waals surface area contributed by atoms with Crippen LogP contribution in [0.1, 0.15) is 29.8 Å². The third-order valence-electron chi connectivity index (χ3n) is 3.41. The molecule has 6 heteroatoms. The van der Waals surface area contributed by atoms with Crippen molar-refractivity contribution in [2.45, 2.75) is 13.8 Å². The average Bonchev–Trinajstić information content (AvgIpc) is 2.68. The molecule has 27 heavy (non-hydrogen) atoms. The molecule has 2 rings (SSSR count). The minimum absolute atomic E-state index is 0.156. The van der Waals surface area contributed by atoms with Gasteiger partial charge in [0.25, 0.3) is 5.91 Å². The first kappa shape index (κ1) is 19.9. The number of benzene rings is 2. The maximum atomic E-state index is 12.3. The molecule has 0 radical (unpaired) electrons. The number of hydrogen-bond donors (Lipinski definition) is 1. The number of carbonyl (C=O) groups excluding carboxylic acids is 1. The van der Waals surface area contributed by atoms with Crippen LogP contribution >= 0.6 is 0 Å². The summed E-state index contributed by atoms with van der Waals surface area (Å²) in [5.41, 5.74) is 3.61. The van der Waals surface area contributed by atoms with Gasteiger partial charge in [0, 0.05) is 11.1 Å². The number of amides is 1. The first-order valence-electron chi connectivity index (χ1n) is 8.57. The number of ether oxygens (including phenoxy) is 3. The largest absolute Gasteiger partial charge is 0.490 e. The van der Waals surface area contributed by atoms with Crippen molar-refractivity contribution in [1.82, 2.24) is 5.43 Å². The van der Waals surface area contributed by atoms with Crippen molar-refractivity contribution < 1.29 is 19.0 Å². The zero-order valence-corrected chi connectivity index (χ0v) is 15.4. The lowest BCUT2D eigenvalue weighted by molar-refractivity contribution is 0.0954. The van der Waals surface area contributed by atoms with Crippen molar-refractivity contribution in [2.24, 2.45) is 5.10 Å². The van der Waals surface area contributed by atoms with E-state index < -0.39 is 0 Å². The second kappa shape index (κ2) is 10.5. The van der Waals surface area contributed by atoms with E-state index >= 15 is 0 Å². The minimum atomic E-state index is -0.364. The summed E-state index contributed by atoms with van der Waals surface area (Å²) in [5, 5.41) is 3.99. The number of carbonyl (C=O) groups is 1. The van der Waals surface area contributed by atoms with Crippen molar-refractivity contribution in [2.75, 3.05) is 19.8 Å². The molecule has 0 aromatic heterocycles. The third-order valence-corrected chi connectivity index (χ3v) is 3.41. The lowest BCUT2D eigenvalue weighted by atomic mass is 10.2. The fourth-order valence-electron chi connectivity index (χ4n) is 2.26. The number of nitrogens with one attached hydrogen (secondary N) is 1. The number of para-hydroxylation sites is 1. The van der Waals surface area contributed by atoms with Crippen LogP contribution in [-0.4, -0.2) is 31.9 Å². The van der Waals surface area contributed by atoms with Gasteiger partial charge in [-0.05, 0) is 44.2 Å². The van der Waals surface area contributed by atoms with E-state index in [1.54, 1.807) is 24.3 Å². The summed E-state index contributed by atoms with van der Waals surface area (Å²) in [6, 6.07) is 12.2. The van der Waals surface area contributed by atoms with Gasteiger partial charge in [0.05, 0.1) is 19.4 Å². The lowest BCUT2D eigenvalue weighted by Gasteiger charge is -2.11. The number of hydrogen-bond acceptors (Lipinski definition) is 5. The van der Waals surface area contributed by atoms with Gasteiger partial charge in [-0.25, -0.2) is 5.43 Å². The Balaban J connectivity index is 2.08. The molecule has 0 saturated carbocycles. The maximum Gasteiger partial charge on any atom is 0.271 e. The summed E-state index contributed by atoms with van der Waals surface area (Å²) < 4.78 is 16.5. The highest BCUT2D eigenvalue weighted by molar-refractivity contribution is 5.95. The molecule has 0 aliphatic carbocycles. The van der Waals surface area contributed by atoms with E-state index in [0.29, 0.717) is 41.6 Å². The van der Waals surface area contributed by atoms with Crippen molar-refractivity contribution in [3.63, 3.8) is 0 Å². The third kappa shape index (κ3) is 5.79. The lowest BCUT2D eigenvalue weighted by Crippen LogP contribution is -2.18. The Bertz CT molecular complexity index is 840. The van der Waals surface area contributed by atoms with E-state index in [-0.39, 0.29) is 12.5 Å². The summed E-state index contributed by atoms with van der Waals surface area (Å²) in [5.74, 6) is 3.75. The van der Waals surface area contributed by atoms with E-state index in [1.165, 1.54) is 6.21 Å². The second-order valence-corrected chi connectivity index (χ2v) is 5.26. The Kier molecular flexibility index (Phi) is 7.73. The number of terminal acetylenes is 1. The molecule has 1 N–H and O–H groups in total. The van der Waals surface area contributed by atoms with Crippen LogP contribution in [0.15, 0.2) is 47.6 Å². The summed E-state index contributed by atoms with van der Waals surface area (Å²) >= 11 is 0. The van der Waals surface area contributed by atoms with Gasteiger partial charge in [0.1, 0.15) is 12.4 Å². The van der Waals surface area contributed by atoms with Crippen molar-refractivity contribution in [1.29, 1.82) is 0 Å². The van der Waals surface area contributed by atoms with Crippen LogP contribution in [0, 0.1) is 12.3 Å². The van der Waals surface area contributed by atoms with Crippen molar-refractivity contribution in [3.8, 4) is 29.6 Å². The molecule has 1 amide bonds. The molecule has 0 atom stereocenters. The molecule has 140 valence electrons. The van der Waals surface area contributed by atoms with Gasteiger partial charge in [-0.15, -0.1) is 6.42 Å². The van der Waals surface area contributed by atoms with E-state index in [0.717, 1.165) is 0 Å². The Labute approximate surface area is 159 Å². The summed E-state index contributed by atoms with van der Waals surface area (Å²) in [7, 11) is 0. The monoisotopic (exact) mass is 366 g/mol. The molecule has 0 aliphatic heterocycles. The van der Waals surface area contributed by atoms with Gasteiger partial charge in [0.2, 0.25) is 0 Å². The SMILES string of the molecule is C#CCOc1ccccc1/C=N/NC(=O)c1ccc(OCC)c(OCC)c1. The summed E-state index contributed by atoms with van der Waals surface area (Å²) in [4.78, 5) is 12.3. The molecule has 0 spiro atoms. The highest BCUT2D eigenvalue weighted by Crippen LogP contribution is 2.28. The van der Waals surface area contributed by atoms with Crippen LogP contribution in [0.5, 0.6) is 17.2 Å². The molecule has 6 nitrogen and oxygen atoms in total. The van der Waals surface area contributed by atoms with Crippen molar-refractivity contribution >= 4 is 12.1 Å². The fraction of sp³-hybridized carbons (Fsp3) is 0.238. The van der Waals surface area contributed by atoms with E-state index in [4.69, 9.17) is 20.6 Å². The Hall–Kier alpha value is -3.46. The number of rotatable bonds is 9. The van der Waals surface area contributed by atoms with Crippen LogP contribution in [-0.2, 0) is 0 Å². The zero-order valence-electron chi connectivity index (χ0n) is 15.4. The van der Waals surface area contributed by atoms with Gasteiger partial charge >= 0.3 is 0 Å². The molecule has 2 aromatic rings. The standard InChI is InChI=1S/C21H22N2O4/c1-4-13-27-18-10-8-7-9-17(18)15-22-23-21(24)16-11-12-19(25-5-2)20(14-16)26-6-3/h1,7-12,14-15H,5-6,13H2,2-3H3,(H,23,24)/b22-15+. The van der Waals surface area contributed by atoms with Gasteiger partial charge in [-0.1, -0.05) is 18.1 Å². The Morgan fingerprint density at radius 1 is 1.07 bits per heavy atom. The highest BCUT2D eigenvalue weighted by Gasteiger charge is 2.11. The Morgan fingerprint density at radius 3 is 2.56 bits per heavy atom. The molecular weight excluding hydrogens is 344 g/mol. The number of nitrogens with zero attached hydrogens (tertiary/aromatic N) is 1. The maximum absolute atomic E-state index is 12.3. The van der Waals surface area contributed by atoms with Crippen LogP contribution in [0.4, 0.5) is 0 Å². The predicted molar refractivity (Wildman–Crippen MR) is 105 cm³/mol.